The summed E-state index contributed by atoms with van der Waals surface area (Å²) < 4.78 is 25.4. The molecular weight excluding hydrogens is 921 g/mol. The molecule has 4 aromatic carbocycles. The van der Waals surface area contributed by atoms with Gasteiger partial charge in [-0.15, -0.1) is 11.3 Å². The van der Waals surface area contributed by atoms with Gasteiger partial charge in [-0.2, -0.15) is 0 Å². The number of benzene rings is 4. The van der Waals surface area contributed by atoms with Crippen molar-refractivity contribution in [3.8, 4) is 27.3 Å². The minimum absolute atomic E-state index is 0.0161. The van der Waals surface area contributed by atoms with Crippen LogP contribution in [0.1, 0.15) is 78.7 Å². The van der Waals surface area contributed by atoms with E-state index in [0.717, 1.165) is 65.9 Å². The Labute approximate surface area is 417 Å². The molecule has 15 nitrogen and oxygen atoms in total. The lowest BCUT2D eigenvalue weighted by atomic mass is 9.77. The topological polar surface area (TPSA) is 201 Å². The van der Waals surface area contributed by atoms with Gasteiger partial charge < -0.3 is 44.4 Å². The van der Waals surface area contributed by atoms with Crippen molar-refractivity contribution in [2.24, 2.45) is 17.1 Å². The second-order valence-electron chi connectivity index (χ2n) is 19.3. The molecule has 4 heterocycles. The fraction of sp³-hybridized carbons (Fsp3) is 0.382. The number of ether oxygens (including phenoxy) is 3. The molecule has 1 aliphatic heterocycles. The van der Waals surface area contributed by atoms with E-state index in [0.29, 0.717) is 43.3 Å². The average molecular weight is 983 g/mol. The number of carbonyl (C=O) groups is 4. The van der Waals surface area contributed by atoms with E-state index < -0.39 is 29.4 Å². The maximum absolute atomic E-state index is 14.1. The van der Waals surface area contributed by atoms with E-state index in [9.17, 15) is 24.3 Å². The Kier molecular flexibility index (Phi) is 15.8. The Bertz CT molecular complexity index is 3010. The van der Waals surface area contributed by atoms with Gasteiger partial charge in [-0.3, -0.25) is 19.2 Å². The molecule has 4 N–H and O–H groups in total. The van der Waals surface area contributed by atoms with Crippen molar-refractivity contribution in [3.05, 3.63) is 124 Å². The molecule has 0 unspecified atom stereocenters. The Hall–Kier alpha value is -6.72. The second kappa shape index (κ2) is 22.1. The summed E-state index contributed by atoms with van der Waals surface area (Å²) in [7, 11) is 0. The van der Waals surface area contributed by atoms with Crippen LogP contribution in [0.4, 0.5) is 0 Å². The van der Waals surface area contributed by atoms with Gasteiger partial charge in [0, 0.05) is 79.0 Å². The number of aryl methyl sites for hydroxylation is 3. The summed E-state index contributed by atoms with van der Waals surface area (Å²) in [4.78, 5) is 60.8. The highest BCUT2D eigenvalue weighted by Gasteiger charge is 2.44. The maximum atomic E-state index is 14.1. The molecule has 8 rings (SSSR count). The molecule has 1 saturated heterocycles. The van der Waals surface area contributed by atoms with E-state index in [-0.39, 0.29) is 63.3 Å². The fourth-order valence-corrected chi connectivity index (χ4v) is 10.3. The van der Waals surface area contributed by atoms with Crippen LogP contribution in [0.5, 0.6) is 5.75 Å². The van der Waals surface area contributed by atoms with Crippen molar-refractivity contribution < 1.29 is 43.0 Å². The van der Waals surface area contributed by atoms with Crippen molar-refractivity contribution in [1.82, 2.24) is 24.9 Å². The molecule has 372 valence electrons. The smallest absolute Gasteiger partial charge is 0.249 e. The molecule has 0 aliphatic carbocycles. The van der Waals surface area contributed by atoms with Crippen molar-refractivity contribution in [2.75, 3.05) is 39.6 Å². The van der Waals surface area contributed by atoms with E-state index in [1.165, 1.54) is 4.90 Å². The summed E-state index contributed by atoms with van der Waals surface area (Å²) >= 11 is 1.57. The SMILES string of the molecule is Cc1ncsc1-c1ccc(CNC(=O)[C@@H]2C[C@@H](O)CN2C(=O)[C@@H](CC(=O)COCCCOCCOc2ccc3c(c2)c2c(C(N)=O)cc(-c4c(C)noc4C)cc2n3Cc2ccccc2)C(C)(C)C)cc1. The van der Waals surface area contributed by atoms with Gasteiger partial charge in [0.05, 0.1) is 40.0 Å². The van der Waals surface area contributed by atoms with Crippen LogP contribution in [-0.4, -0.2) is 99.9 Å². The van der Waals surface area contributed by atoms with Crippen molar-refractivity contribution >= 4 is 56.6 Å². The molecule has 3 amide bonds. The number of aliphatic hydroxyl groups excluding tert-OH is 1. The second-order valence-corrected chi connectivity index (χ2v) is 20.2. The number of Topliss-reactive ketones (excluding diaryl/α,β-unsaturated/α-hetero) is 1. The van der Waals surface area contributed by atoms with Crippen LogP contribution in [-0.2, 0) is 36.9 Å². The predicted molar refractivity (Wildman–Crippen MR) is 273 cm³/mol. The minimum Gasteiger partial charge on any atom is -0.491 e. The zero-order valence-electron chi connectivity index (χ0n) is 41.2. The monoisotopic (exact) mass is 982 g/mol. The van der Waals surface area contributed by atoms with Crippen LogP contribution < -0.4 is 15.8 Å². The molecule has 0 spiro atoms. The number of likely N-dealkylation sites (tertiary alicyclic amines) is 1. The molecule has 0 radical (unpaired) electrons. The number of β-amino-alcohol motifs (C(OH)–C–C–N with tert-alkyl or cyclic N) is 1. The van der Waals surface area contributed by atoms with Crippen LogP contribution >= 0.6 is 11.3 Å². The number of aromatic nitrogens is 3. The van der Waals surface area contributed by atoms with Gasteiger partial charge in [-0.25, -0.2) is 4.98 Å². The van der Waals surface area contributed by atoms with Crippen LogP contribution in [0.15, 0.2) is 95.0 Å². The number of aliphatic hydroxyl groups is 1. The third kappa shape index (κ3) is 11.7. The first-order valence-corrected chi connectivity index (χ1v) is 24.9. The normalized spacial score (nSPS) is 15.4. The molecule has 3 aromatic heterocycles. The number of ketones is 1. The Morgan fingerprint density at radius 1 is 0.887 bits per heavy atom. The molecular formula is C55H62N6O9S. The number of nitrogens with two attached hydrogens (primary N) is 1. The van der Waals surface area contributed by atoms with Gasteiger partial charge in [-0.1, -0.05) is 80.5 Å². The Balaban J connectivity index is 0.809. The summed E-state index contributed by atoms with van der Waals surface area (Å²) in [6.07, 6.45) is -0.262. The van der Waals surface area contributed by atoms with Gasteiger partial charge in [-0.05, 0) is 85.2 Å². The summed E-state index contributed by atoms with van der Waals surface area (Å²) in [5.74, 6) is -0.929. The minimum atomic E-state index is -0.855. The summed E-state index contributed by atoms with van der Waals surface area (Å²) in [5, 5.41) is 19.3. The fourth-order valence-electron chi connectivity index (χ4n) is 9.45. The molecule has 71 heavy (non-hydrogen) atoms. The number of nitrogens with zero attached hydrogens (tertiary/aromatic N) is 4. The molecule has 7 aromatic rings. The Morgan fingerprint density at radius 3 is 2.34 bits per heavy atom. The van der Waals surface area contributed by atoms with E-state index >= 15 is 0 Å². The standard InChI is InChI=1S/C55H62N6O9S/c1-33-49(35(3)70-59-33)39-23-44(52(56)64)50-43-27-42(17-18-46(43)60(47(50)24-39)29-37-11-8-7-9-12-37)69-22-21-67-19-10-20-68-31-41(63)25-45(55(4,5)6)54(66)61-30-40(62)26-48(61)53(65)57-28-36-13-15-38(16-14-36)51-34(2)58-32-71-51/h7-9,11-18,23-24,27,32,40,45,48,62H,10,19-22,25-26,28-31H2,1-6H3,(H2,56,64)(H,57,65)/t40-,45-,48+/m1/s1. The summed E-state index contributed by atoms with van der Waals surface area (Å²) in [6.45, 7) is 13.3. The lowest BCUT2D eigenvalue weighted by molar-refractivity contribution is -0.146. The number of nitrogens with one attached hydrogen (secondary N) is 1. The number of hydrogen-bond acceptors (Lipinski definition) is 12. The first-order valence-electron chi connectivity index (χ1n) is 24.0. The number of thiazole rings is 1. The number of amides is 3. The summed E-state index contributed by atoms with van der Waals surface area (Å²) in [6, 6.07) is 26.9. The molecule has 3 atom stereocenters. The van der Waals surface area contributed by atoms with E-state index in [2.05, 4.69) is 38.2 Å². The molecule has 0 bridgehead atoms. The van der Waals surface area contributed by atoms with Crippen molar-refractivity contribution in [3.63, 3.8) is 0 Å². The molecule has 16 heteroatoms. The number of primary amides is 1. The lowest BCUT2D eigenvalue weighted by Crippen LogP contribution is -2.50. The van der Waals surface area contributed by atoms with Crippen LogP contribution in [0, 0.1) is 32.1 Å². The molecule has 1 aliphatic rings. The maximum Gasteiger partial charge on any atom is 0.249 e. The number of carbonyl (C=O) groups excluding carboxylic acids is 4. The van der Waals surface area contributed by atoms with Gasteiger partial charge in [0.1, 0.15) is 30.8 Å². The van der Waals surface area contributed by atoms with E-state index in [1.807, 2.05) is 114 Å². The molecule has 0 saturated carbocycles. The highest BCUT2D eigenvalue weighted by Crippen LogP contribution is 2.39. The average Bonchev–Trinajstić information content (AvgIpc) is 4.12. The predicted octanol–water partition coefficient (Wildman–Crippen LogP) is 8.35. The van der Waals surface area contributed by atoms with Gasteiger partial charge in [0.15, 0.2) is 5.78 Å². The van der Waals surface area contributed by atoms with Crippen LogP contribution in [0.3, 0.4) is 0 Å². The van der Waals surface area contributed by atoms with Gasteiger partial charge >= 0.3 is 0 Å². The largest absolute Gasteiger partial charge is 0.491 e. The quantitative estimate of drug-likeness (QED) is 0.0585. The van der Waals surface area contributed by atoms with E-state index in [1.54, 1.807) is 11.3 Å². The van der Waals surface area contributed by atoms with Crippen LogP contribution in [0.25, 0.3) is 43.4 Å². The third-order valence-electron chi connectivity index (χ3n) is 13.1. The number of hydrogen-bond donors (Lipinski definition) is 3. The number of fused-ring (bicyclic) bond motifs is 3. The van der Waals surface area contributed by atoms with Crippen molar-refractivity contribution in [1.29, 1.82) is 0 Å². The summed E-state index contributed by atoms with van der Waals surface area (Å²) in [5.41, 5.74) is 15.8. The van der Waals surface area contributed by atoms with E-state index in [4.69, 9.17) is 24.5 Å². The first-order chi connectivity index (χ1) is 34.1. The third-order valence-corrected chi connectivity index (χ3v) is 14.1. The molecule has 1 fully saturated rings. The van der Waals surface area contributed by atoms with Gasteiger partial charge in [0.25, 0.3) is 0 Å². The van der Waals surface area contributed by atoms with Crippen LogP contribution in [0.2, 0.25) is 0 Å². The highest BCUT2D eigenvalue weighted by molar-refractivity contribution is 7.13. The Morgan fingerprint density at radius 2 is 1.65 bits per heavy atom. The highest BCUT2D eigenvalue weighted by atomic mass is 32.1. The van der Waals surface area contributed by atoms with Crippen molar-refractivity contribution in [2.45, 2.75) is 86.0 Å². The zero-order chi connectivity index (χ0) is 50.4. The van der Waals surface area contributed by atoms with Gasteiger partial charge in [0.2, 0.25) is 17.7 Å². The lowest BCUT2D eigenvalue weighted by Gasteiger charge is -2.34. The number of rotatable bonds is 21. The zero-order valence-corrected chi connectivity index (χ0v) is 42.0. The first kappa shape index (κ1) is 50.7.